The van der Waals surface area contributed by atoms with Gasteiger partial charge in [-0.3, -0.25) is 24.0 Å². The van der Waals surface area contributed by atoms with Crippen molar-refractivity contribution in [3.63, 3.8) is 0 Å². The molecule has 1 aliphatic heterocycles. The summed E-state index contributed by atoms with van der Waals surface area (Å²) < 4.78 is 32.5. The fourth-order valence-corrected chi connectivity index (χ4v) is 3.42. The van der Waals surface area contributed by atoms with Crippen molar-refractivity contribution in [2.45, 2.75) is 64.5 Å². The van der Waals surface area contributed by atoms with Gasteiger partial charge in [0.15, 0.2) is 12.2 Å². The second kappa shape index (κ2) is 11.6. The minimum atomic E-state index is -2.50. The smallest absolute Gasteiger partial charge is 0.303 e. The second-order valence-electron chi connectivity index (χ2n) is 7.44. The van der Waals surface area contributed by atoms with Crippen LogP contribution in [0.2, 0.25) is 0 Å². The van der Waals surface area contributed by atoms with Crippen LogP contribution in [0.1, 0.15) is 33.3 Å². The van der Waals surface area contributed by atoms with Crippen molar-refractivity contribution in [3.8, 4) is 0 Å². The molecule has 12 nitrogen and oxygen atoms in total. The van der Waals surface area contributed by atoms with Crippen LogP contribution in [-0.2, 0) is 59.0 Å². The number of rotatable bonds is 9. The predicted octanol–water partition coefficient (Wildman–Crippen LogP) is 0.142. The van der Waals surface area contributed by atoms with E-state index in [2.05, 4.69) is 0 Å². The Balaban J connectivity index is 2.60. The Kier molecular flexibility index (Phi) is 9.10. The van der Waals surface area contributed by atoms with Gasteiger partial charge < -0.3 is 34.2 Å². The average molecular weight is 481 g/mol. The summed E-state index contributed by atoms with van der Waals surface area (Å²) in [6.07, 6.45) is -6.19. The van der Waals surface area contributed by atoms with Crippen molar-refractivity contribution in [1.29, 1.82) is 0 Å². The van der Waals surface area contributed by atoms with Crippen molar-refractivity contribution in [2.75, 3.05) is 6.61 Å². The van der Waals surface area contributed by atoms with Gasteiger partial charge in [0.2, 0.25) is 6.10 Å². The largest absolute Gasteiger partial charge is 0.463 e. The number of primary amides is 1. The van der Waals surface area contributed by atoms with Crippen molar-refractivity contribution in [3.05, 3.63) is 35.9 Å². The summed E-state index contributed by atoms with van der Waals surface area (Å²) in [6.45, 7) is 3.55. The minimum absolute atomic E-state index is 0.229. The van der Waals surface area contributed by atoms with Crippen LogP contribution in [0.4, 0.5) is 0 Å². The zero-order chi connectivity index (χ0) is 25.5. The highest BCUT2D eigenvalue weighted by Gasteiger charge is 2.64. The lowest BCUT2D eigenvalue weighted by Gasteiger charge is -2.48. The first-order chi connectivity index (χ1) is 16.0. The van der Waals surface area contributed by atoms with E-state index >= 15 is 0 Å². The van der Waals surface area contributed by atoms with E-state index < -0.39 is 66.6 Å². The summed E-state index contributed by atoms with van der Waals surface area (Å²) in [7, 11) is 0. The number of carbonyl (C=O) groups excluding carboxylic acids is 5. The highest BCUT2D eigenvalue weighted by molar-refractivity contribution is 5.84. The molecule has 1 heterocycles. The Labute approximate surface area is 195 Å². The molecule has 1 aliphatic rings. The number of ether oxygens (including phenoxy) is 6. The topological polar surface area (TPSA) is 167 Å². The number of benzene rings is 1. The molecule has 2 N–H and O–H groups in total. The zero-order valence-corrected chi connectivity index (χ0v) is 19.2. The summed E-state index contributed by atoms with van der Waals surface area (Å²) in [5.74, 6) is -6.97. The molecule has 1 aromatic rings. The van der Waals surface area contributed by atoms with Gasteiger partial charge in [-0.15, -0.1) is 0 Å². The molecule has 0 aliphatic carbocycles. The maximum absolute atomic E-state index is 12.8. The Hall–Kier alpha value is -3.51. The number of amides is 1. The fourth-order valence-electron chi connectivity index (χ4n) is 3.42. The summed E-state index contributed by atoms with van der Waals surface area (Å²) >= 11 is 0. The van der Waals surface area contributed by atoms with Gasteiger partial charge in [0.05, 0.1) is 6.61 Å². The maximum Gasteiger partial charge on any atom is 0.303 e. The molecule has 5 atom stereocenters. The molecule has 0 aromatic heterocycles. The third-order valence-electron chi connectivity index (χ3n) is 4.68. The number of carbonyl (C=O) groups is 5. The Morgan fingerprint density at radius 3 is 1.91 bits per heavy atom. The lowest BCUT2D eigenvalue weighted by atomic mass is 9.91. The molecule has 0 bridgehead atoms. The van der Waals surface area contributed by atoms with Gasteiger partial charge in [-0.25, -0.2) is 0 Å². The van der Waals surface area contributed by atoms with Crippen LogP contribution in [0.25, 0.3) is 0 Å². The van der Waals surface area contributed by atoms with Gasteiger partial charge in [0, 0.05) is 27.7 Å². The molecule has 1 amide bonds. The van der Waals surface area contributed by atoms with E-state index in [1.165, 1.54) is 0 Å². The van der Waals surface area contributed by atoms with Crippen LogP contribution in [-0.4, -0.2) is 66.6 Å². The molecule has 1 saturated heterocycles. The molecule has 0 radical (unpaired) electrons. The third kappa shape index (κ3) is 6.75. The van der Waals surface area contributed by atoms with E-state index in [9.17, 15) is 24.0 Å². The number of esters is 4. The number of nitrogens with two attached hydrogens (primary N) is 1. The van der Waals surface area contributed by atoms with Gasteiger partial charge in [-0.1, -0.05) is 30.3 Å². The highest BCUT2D eigenvalue weighted by Crippen LogP contribution is 2.37. The molecule has 2 rings (SSSR count). The molecule has 1 aromatic carbocycles. The molecule has 1 fully saturated rings. The van der Waals surface area contributed by atoms with Crippen LogP contribution in [0.3, 0.4) is 0 Å². The lowest BCUT2D eigenvalue weighted by Crippen LogP contribution is -2.72. The van der Waals surface area contributed by atoms with E-state index in [4.69, 9.17) is 34.2 Å². The summed E-state index contributed by atoms with van der Waals surface area (Å²) in [6, 6.07) is 8.60. The van der Waals surface area contributed by atoms with Crippen molar-refractivity contribution < 1.29 is 52.4 Å². The first-order valence-electron chi connectivity index (χ1n) is 10.3. The van der Waals surface area contributed by atoms with E-state index in [0.29, 0.717) is 5.56 Å². The Morgan fingerprint density at radius 1 is 0.853 bits per heavy atom. The van der Waals surface area contributed by atoms with Crippen LogP contribution in [0.5, 0.6) is 0 Å². The zero-order valence-electron chi connectivity index (χ0n) is 19.2. The Bertz CT molecular complexity index is 919. The van der Waals surface area contributed by atoms with Gasteiger partial charge in [0.1, 0.15) is 12.7 Å². The van der Waals surface area contributed by atoms with E-state index in [1.54, 1.807) is 30.3 Å². The van der Waals surface area contributed by atoms with Crippen LogP contribution >= 0.6 is 0 Å². The average Bonchev–Trinajstić information content (AvgIpc) is 2.74. The first kappa shape index (κ1) is 26.7. The third-order valence-corrected chi connectivity index (χ3v) is 4.68. The van der Waals surface area contributed by atoms with E-state index in [-0.39, 0.29) is 6.61 Å². The van der Waals surface area contributed by atoms with Crippen LogP contribution in [0.15, 0.2) is 30.3 Å². The molecule has 0 unspecified atom stereocenters. The molecular weight excluding hydrogens is 454 g/mol. The molecule has 0 spiro atoms. The standard InChI is InChI=1S/C22H27NO11/c1-12(24)29-11-17-18(31-13(2)25)19(32-14(3)26)20(33-15(4)27)22(34-17,21(23)28)30-10-16-8-6-5-7-9-16/h5-9,17-20H,10-11H2,1-4H3,(H2,23,28)/t17-,18+,19+,20-,22+/m1/s1. The van der Waals surface area contributed by atoms with Gasteiger partial charge in [-0.2, -0.15) is 0 Å². The lowest BCUT2D eigenvalue weighted by molar-refractivity contribution is -0.350. The maximum atomic E-state index is 12.8. The Morgan fingerprint density at radius 2 is 1.41 bits per heavy atom. The second-order valence-corrected chi connectivity index (χ2v) is 7.44. The molecule has 34 heavy (non-hydrogen) atoms. The van der Waals surface area contributed by atoms with E-state index in [1.807, 2.05) is 0 Å². The van der Waals surface area contributed by atoms with Crippen LogP contribution in [0, 0.1) is 0 Å². The van der Waals surface area contributed by atoms with Crippen molar-refractivity contribution in [1.82, 2.24) is 0 Å². The molecule has 186 valence electrons. The summed E-state index contributed by atoms with van der Waals surface area (Å²) in [5.41, 5.74) is 6.26. The first-order valence-corrected chi connectivity index (χ1v) is 10.3. The minimum Gasteiger partial charge on any atom is -0.463 e. The molecule has 12 heteroatoms. The molecular formula is C22H27NO11. The normalized spacial score (nSPS) is 26.1. The van der Waals surface area contributed by atoms with Gasteiger partial charge in [0.25, 0.3) is 11.7 Å². The number of hydrogen-bond donors (Lipinski definition) is 1. The summed E-state index contributed by atoms with van der Waals surface area (Å²) in [5, 5.41) is 0. The van der Waals surface area contributed by atoms with Crippen molar-refractivity contribution in [2.24, 2.45) is 5.73 Å². The summed E-state index contributed by atoms with van der Waals surface area (Å²) in [4.78, 5) is 59.9. The van der Waals surface area contributed by atoms with Gasteiger partial charge in [-0.05, 0) is 5.56 Å². The number of hydrogen-bond acceptors (Lipinski definition) is 11. The van der Waals surface area contributed by atoms with Crippen LogP contribution < -0.4 is 5.73 Å². The highest BCUT2D eigenvalue weighted by atomic mass is 16.8. The quantitative estimate of drug-likeness (QED) is 0.376. The van der Waals surface area contributed by atoms with Gasteiger partial charge >= 0.3 is 23.9 Å². The van der Waals surface area contributed by atoms with E-state index in [0.717, 1.165) is 27.7 Å². The van der Waals surface area contributed by atoms with Crippen molar-refractivity contribution >= 4 is 29.8 Å². The SMILES string of the molecule is CC(=O)OC[C@H]1O[C@](OCc2ccccc2)(C(N)=O)[C@H](OC(C)=O)[C@@H](OC(C)=O)[C@H]1OC(C)=O. The predicted molar refractivity (Wildman–Crippen MR) is 111 cm³/mol. The fraction of sp³-hybridized carbons (Fsp3) is 0.500. The molecule has 0 saturated carbocycles. The monoisotopic (exact) mass is 481 g/mol.